The van der Waals surface area contributed by atoms with Gasteiger partial charge in [0, 0.05) is 13.5 Å². The van der Waals surface area contributed by atoms with E-state index in [9.17, 15) is 4.39 Å². The molecule has 1 atom stereocenters. The first kappa shape index (κ1) is 14.4. The summed E-state index contributed by atoms with van der Waals surface area (Å²) in [5.41, 5.74) is 4.00. The van der Waals surface area contributed by atoms with Gasteiger partial charge >= 0.3 is 0 Å². The molecular formula is C16H22FN3O. The molecule has 0 aromatic heterocycles. The van der Waals surface area contributed by atoms with E-state index >= 15 is 0 Å². The fourth-order valence-electron chi connectivity index (χ4n) is 3.22. The quantitative estimate of drug-likeness (QED) is 0.894. The number of allylic oxidation sites excluding steroid dienone is 1. The van der Waals surface area contributed by atoms with Crippen LogP contribution in [0.25, 0.3) is 0 Å². The van der Waals surface area contributed by atoms with Crippen molar-refractivity contribution in [2.45, 2.75) is 25.2 Å². The summed E-state index contributed by atoms with van der Waals surface area (Å²) in [5, 5.41) is 5.21. The van der Waals surface area contributed by atoms with Gasteiger partial charge in [-0.3, -0.25) is 5.01 Å². The van der Waals surface area contributed by atoms with Gasteiger partial charge < -0.3 is 10.2 Å². The van der Waals surface area contributed by atoms with E-state index < -0.39 is 0 Å². The number of benzene rings is 1. The lowest BCUT2D eigenvalue weighted by Gasteiger charge is -2.31. The molecule has 1 saturated heterocycles. The molecule has 0 aliphatic carbocycles. The van der Waals surface area contributed by atoms with E-state index in [-0.39, 0.29) is 5.82 Å². The second kappa shape index (κ2) is 6.45. The smallest absolute Gasteiger partial charge is 0.144 e. The normalized spacial score (nSPS) is 21.0. The standard InChI is InChI=1S/C16H22FN3O/c1-20-11-15(21-19-20)10-16(13-6-8-18-9-7-13)12-2-4-14(17)5-3-12/h2-5,11,13,16,18-19H,6-10H2,1H3. The maximum atomic E-state index is 13.2. The Kier molecular flexibility index (Phi) is 4.41. The zero-order chi connectivity index (χ0) is 14.7. The zero-order valence-corrected chi connectivity index (χ0v) is 12.3. The van der Waals surface area contributed by atoms with Crippen molar-refractivity contribution >= 4 is 0 Å². The van der Waals surface area contributed by atoms with Crippen LogP contribution in [0.15, 0.2) is 36.2 Å². The Hall–Kier alpha value is -1.59. The van der Waals surface area contributed by atoms with E-state index in [1.165, 1.54) is 5.56 Å². The average molecular weight is 291 g/mol. The molecule has 2 aliphatic rings. The number of nitrogens with zero attached hydrogens (tertiary/aromatic N) is 1. The highest BCUT2D eigenvalue weighted by molar-refractivity contribution is 5.23. The third kappa shape index (κ3) is 3.54. The molecule has 2 aliphatic heterocycles. The van der Waals surface area contributed by atoms with E-state index in [4.69, 9.17) is 4.84 Å². The number of halogens is 1. The molecule has 0 radical (unpaired) electrons. The number of piperidine rings is 1. The first-order chi connectivity index (χ1) is 10.2. The van der Waals surface area contributed by atoms with Crippen LogP contribution in [0.3, 0.4) is 0 Å². The topological polar surface area (TPSA) is 36.5 Å². The van der Waals surface area contributed by atoms with Gasteiger partial charge in [-0.2, -0.15) is 0 Å². The first-order valence-electron chi connectivity index (χ1n) is 7.54. The van der Waals surface area contributed by atoms with Crippen LogP contribution in [0.4, 0.5) is 4.39 Å². The Labute approximate surface area is 124 Å². The van der Waals surface area contributed by atoms with Crippen molar-refractivity contribution in [3.63, 3.8) is 0 Å². The molecular weight excluding hydrogens is 269 g/mol. The Bertz CT molecular complexity index is 497. The highest BCUT2D eigenvalue weighted by Gasteiger charge is 2.27. The van der Waals surface area contributed by atoms with Crippen molar-refractivity contribution in [2.24, 2.45) is 5.92 Å². The summed E-state index contributed by atoms with van der Waals surface area (Å²) >= 11 is 0. The van der Waals surface area contributed by atoms with Crippen LogP contribution in [0.5, 0.6) is 0 Å². The Balaban J connectivity index is 1.79. The molecule has 2 N–H and O–H groups in total. The molecule has 5 heteroatoms. The van der Waals surface area contributed by atoms with E-state index in [1.807, 2.05) is 25.4 Å². The monoisotopic (exact) mass is 291 g/mol. The maximum Gasteiger partial charge on any atom is 0.144 e. The summed E-state index contributed by atoms with van der Waals surface area (Å²) in [6, 6.07) is 6.93. The third-order valence-corrected chi connectivity index (χ3v) is 4.33. The SMILES string of the molecule is CN1C=C(CC(c2ccc(F)cc2)C2CCNCC2)ON1. The molecule has 4 nitrogen and oxygen atoms in total. The number of hydrazine groups is 1. The molecule has 0 saturated carbocycles. The van der Waals surface area contributed by atoms with Crippen LogP contribution in [0.2, 0.25) is 0 Å². The van der Waals surface area contributed by atoms with Gasteiger partial charge in [0.2, 0.25) is 0 Å². The summed E-state index contributed by atoms with van der Waals surface area (Å²) in [4.78, 5) is 5.48. The summed E-state index contributed by atoms with van der Waals surface area (Å²) < 4.78 is 13.2. The Morgan fingerprint density at radius 3 is 2.62 bits per heavy atom. The fraction of sp³-hybridized carbons (Fsp3) is 0.500. The molecule has 0 bridgehead atoms. The van der Waals surface area contributed by atoms with Crippen molar-refractivity contribution < 1.29 is 9.23 Å². The molecule has 0 amide bonds. The molecule has 1 aromatic rings. The van der Waals surface area contributed by atoms with Crippen molar-refractivity contribution in [1.82, 2.24) is 15.9 Å². The largest absolute Gasteiger partial charge is 0.392 e. The van der Waals surface area contributed by atoms with Gasteiger partial charge in [-0.15, -0.1) is 0 Å². The Morgan fingerprint density at radius 2 is 2.00 bits per heavy atom. The van der Waals surface area contributed by atoms with E-state index in [0.717, 1.165) is 38.1 Å². The zero-order valence-electron chi connectivity index (χ0n) is 12.3. The van der Waals surface area contributed by atoms with Crippen molar-refractivity contribution in [2.75, 3.05) is 20.1 Å². The van der Waals surface area contributed by atoms with Crippen LogP contribution < -0.4 is 10.9 Å². The van der Waals surface area contributed by atoms with Gasteiger partial charge in [-0.25, -0.2) is 4.39 Å². The highest BCUT2D eigenvalue weighted by atomic mass is 19.1. The molecule has 1 aromatic carbocycles. The van der Waals surface area contributed by atoms with Gasteiger partial charge in [-0.05, 0) is 55.5 Å². The number of rotatable bonds is 4. The minimum absolute atomic E-state index is 0.180. The van der Waals surface area contributed by atoms with Gasteiger partial charge in [0.15, 0.2) is 0 Å². The summed E-state index contributed by atoms with van der Waals surface area (Å²) in [5.74, 6) is 1.73. The second-order valence-electron chi connectivity index (χ2n) is 5.85. The van der Waals surface area contributed by atoms with Crippen molar-refractivity contribution in [3.8, 4) is 0 Å². The highest BCUT2D eigenvalue weighted by Crippen LogP contribution is 2.36. The average Bonchev–Trinajstić information content (AvgIpc) is 2.92. The van der Waals surface area contributed by atoms with Gasteiger partial charge in [-0.1, -0.05) is 17.7 Å². The minimum Gasteiger partial charge on any atom is -0.392 e. The van der Waals surface area contributed by atoms with Gasteiger partial charge in [0.05, 0.1) is 6.20 Å². The summed E-state index contributed by atoms with van der Waals surface area (Å²) in [7, 11) is 1.91. The summed E-state index contributed by atoms with van der Waals surface area (Å²) in [6.07, 6.45) is 5.11. The fourth-order valence-corrected chi connectivity index (χ4v) is 3.22. The van der Waals surface area contributed by atoms with Crippen LogP contribution in [0.1, 0.15) is 30.7 Å². The Morgan fingerprint density at radius 1 is 1.29 bits per heavy atom. The van der Waals surface area contributed by atoms with Gasteiger partial charge in [0.25, 0.3) is 0 Å². The number of nitrogens with one attached hydrogen (secondary N) is 2. The molecule has 3 rings (SSSR count). The predicted octanol–water partition coefficient (Wildman–Crippen LogP) is 2.52. The number of hydrogen-bond donors (Lipinski definition) is 2. The minimum atomic E-state index is -0.180. The van der Waals surface area contributed by atoms with Crippen LogP contribution >= 0.6 is 0 Å². The van der Waals surface area contributed by atoms with Crippen LogP contribution in [0, 0.1) is 11.7 Å². The van der Waals surface area contributed by atoms with Crippen LogP contribution in [-0.4, -0.2) is 25.1 Å². The maximum absolute atomic E-state index is 13.2. The van der Waals surface area contributed by atoms with Crippen molar-refractivity contribution in [1.29, 1.82) is 0 Å². The number of hydrogen-bond acceptors (Lipinski definition) is 4. The second-order valence-corrected chi connectivity index (χ2v) is 5.85. The molecule has 1 fully saturated rings. The van der Waals surface area contributed by atoms with Crippen LogP contribution in [-0.2, 0) is 4.84 Å². The molecule has 114 valence electrons. The van der Waals surface area contributed by atoms with E-state index in [2.05, 4.69) is 10.9 Å². The van der Waals surface area contributed by atoms with Crippen molar-refractivity contribution in [3.05, 3.63) is 47.6 Å². The molecule has 2 heterocycles. The van der Waals surface area contributed by atoms with E-state index in [0.29, 0.717) is 11.8 Å². The van der Waals surface area contributed by atoms with E-state index in [1.54, 1.807) is 17.1 Å². The third-order valence-electron chi connectivity index (χ3n) is 4.33. The van der Waals surface area contributed by atoms with Gasteiger partial charge in [0.1, 0.15) is 11.6 Å². The molecule has 21 heavy (non-hydrogen) atoms. The summed E-state index contributed by atoms with van der Waals surface area (Å²) in [6.45, 7) is 2.11. The molecule has 0 spiro atoms. The lowest BCUT2D eigenvalue weighted by atomic mass is 9.78. The lowest BCUT2D eigenvalue weighted by Crippen LogP contribution is -2.31. The lowest BCUT2D eigenvalue weighted by molar-refractivity contribution is 0.0302. The predicted molar refractivity (Wildman–Crippen MR) is 79.4 cm³/mol. The first-order valence-corrected chi connectivity index (χ1v) is 7.54. The molecule has 1 unspecified atom stereocenters.